The smallest absolute Gasteiger partial charge is 0.313 e. The minimum Gasteiger partial charge on any atom is -0.461 e. The highest BCUT2D eigenvalue weighted by Crippen LogP contribution is 2.31. The monoisotopic (exact) mass is 301 g/mol. The van der Waals surface area contributed by atoms with Gasteiger partial charge in [0.05, 0.1) is 5.41 Å². The summed E-state index contributed by atoms with van der Waals surface area (Å²) in [4.78, 5) is 26.6. The number of carbonyl (C=O) groups is 2. The van der Waals surface area contributed by atoms with Crippen LogP contribution in [0.1, 0.15) is 37.0 Å². The van der Waals surface area contributed by atoms with Gasteiger partial charge in [-0.2, -0.15) is 0 Å². The van der Waals surface area contributed by atoms with E-state index in [0.717, 1.165) is 18.4 Å². The molecular weight excluding hydrogens is 278 g/mol. The quantitative estimate of drug-likeness (QED) is 0.634. The van der Waals surface area contributed by atoms with Gasteiger partial charge in [-0.3, -0.25) is 9.59 Å². The zero-order valence-electron chi connectivity index (χ0n) is 13.3. The third kappa shape index (κ3) is 3.75. The van der Waals surface area contributed by atoms with Crippen molar-refractivity contribution in [3.8, 4) is 0 Å². The van der Waals surface area contributed by atoms with Crippen LogP contribution in [0.25, 0.3) is 0 Å². The summed E-state index contributed by atoms with van der Waals surface area (Å²) >= 11 is 0. The average molecular weight is 301 g/mol. The highest BCUT2D eigenvalue weighted by atomic mass is 16.5. The Morgan fingerprint density at radius 2 is 2.00 bits per heavy atom. The van der Waals surface area contributed by atoms with E-state index >= 15 is 0 Å². The topological polar surface area (TPSA) is 46.6 Å². The van der Waals surface area contributed by atoms with Crippen molar-refractivity contribution in [2.75, 3.05) is 19.7 Å². The average Bonchev–Trinajstić information content (AvgIpc) is 2.52. The van der Waals surface area contributed by atoms with E-state index in [9.17, 15) is 9.59 Å². The van der Waals surface area contributed by atoms with E-state index in [-0.39, 0.29) is 18.5 Å². The van der Waals surface area contributed by atoms with Crippen molar-refractivity contribution in [3.05, 3.63) is 48.0 Å². The molecule has 0 spiro atoms. The maximum absolute atomic E-state index is 12.5. The van der Waals surface area contributed by atoms with Gasteiger partial charge in [-0.25, -0.2) is 0 Å². The van der Waals surface area contributed by atoms with Crippen molar-refractivity contribution < 1.29 is 14.3 Å². The highest BCUT2D eigenvalue weighted by Gasteiger charge is 2.40. The molecule has 2 rings (SSSR count). The number of rotatable bonds is 4. The Morgan fingerprint density at radius 1 is 1.32 bits per heavy atom. The fourth-order valence-electron chi connectivity index (χ4n) is 2.71. The molecule has 22 heavy (non-hydrogen) atoms. The maximum atomic E-state index is 12.5. The molecule has 1 atom stereocenters. The lowest BCUT2D eigenvalue weighted by Gasteiger charge is -2.38. The Hall–Kier alpha value is -2.10. The second-order valence-electron chi connectivity index (χ2n) is 6.29. The zero-order chi connectivity index (χ0) is 16.2. The molecule has 1 aliphatic rings. The molecule has 1 saturated heterocycles. The molecule has 1 aromatic rings. The summed E-state index contributed by atoms with van der Waals surface area (Å²) in [5.41, 5.74) is 0.824. The lowest BCUT2D eigenvalue weighted by molar-refractivity contribution is -0.156. The molecule has 1 unspecified atom stereocenters. The van der Waals surface area contributed by atoms with Crippen LogP contribution in [0.4, 0.5) is 0 Å². The first kappa shape index (κ1) is 16.3. The van der Waals surface area contributed by atoms with E-state index in [4.69, 9.17) is 4.74 Å². The van der Waals surface area contributed by atoms with Crippen LogP contribution in [0.3, 0.4) is 0 Å². The van der Waals surface area contributed by atoms with E-state index in [1.807, 2.05) is 32.0 Å². The first-order chi connectivity index (χ1) is 10.4. The van der Waals surface area contributed by atoms with Gasteiger partial charge in [-0.05, 0) is 44.4 Å². The van der Waals surface area contributed by atoms with E-state index in [1.165, 1.54) is 0 Å². The second-order valence-corrected chi connectivity index (χ2v) is 6.29. The molecule has 118 valence electrons. The Kier molecular flexibility index (Phi) is 5.01. The van der Waals surface area contributed by atoms with Gasteiger partial charge in [0.1, 0.15) is 6.61 Å². The predicted octanol–water partition coefficient (Wildman–Crippen LogP) is 3.05. The van der Waals surface area contributed by atoms with Gasteiger partial charge in [0.15, 0.2) is 0 Å². The molecule has 1 amide bonds. The van der Waals surface area contributed by atoms with E-state index in [0.29, 0.717) is 18.7 Å². The van der Waals surface area contributed by atoms with Crippen LogP contribution in [0, 0.1) is 5.41 Å². The Morgan fingerprint density at radius 3 is 2.64 bits per heavy atom. The highest BCUT2D eigenvalue weighted by molar-refractivity contribution is 5.94. The summed E-state index contributed by atoms with van der Waals surface area (Å²) in [7, 11) is 0. The number of piperidine rings is 1. The molecule has 1 aromatic carbocycles. The van der Waals surface area contributed by atoms with Gasteiger partial charge in [0, 0.05) is 18.7 Å². The zero-order valence-corrected chi connectivity index (χ0v) is 13.3. The summed E-state index contributed by atoms with van der Waals surface area (Å²) in [6.07, 6.45) is 1.54. The number of esters is 1. The van der Waals surface area contributed by atoms with Gasteiger partial charge >= 0.3 is 5.97 Å². The lowest BCUT2D eigenvalue weighted by Crippen LogP contribution is -2.49. The minimum absolute atomic E-state index is 0.0285. The van der Waals surface area contributed by atoms with E-state index in [2.05, 4.69) is 6.58 Å². The Bertz CT molecular complexity index is 567. The summed E-state index contributed by atoms with van der Waals surface area (Å²) < 4.78 is 5.30. The summed E-state index contributed by atoms with van der Waals surface area (Å²) in [6.45, 7) is 8.74. The van der Waals surface area contributed by atoms with Gasteiger partial charge in [0.25, 0.3) is 5.91 Å². The van der Waals surface area contributed by atoms with Crippen LogP contribution < -0.4 is 0 Å². The Labute approximate surface area is 131 Å². The number of hydrogen-bond acceptors (Lipinski definition) is 3. The molecule has 0 aliphatic carbocycles. The second kappa shape index (κ2) is 6.77. The van der Waals surface area contributed by atoms with Crippen molar-refractivity contribution >= 4 is 11.9 Å². The Balaban J connectivity index is 2.06. The van der Waals surface area contributed by atoms with Crippen LogP contribution in [0.5, 0.6) is 0 Å². The van der Waals surface area contributed by atoms with Crippen LogP contribution in [0.2, 0.25) is 0 Å². The van der Waals surface area contributed by atoms with E-state index in [1.54, 1.807) is 17.0 Å². The normalized spacial score (nSPS) is 21.3. The van der Waals surface area contributed by atoms with Crippen molar-refractivity contribution in [1.29, 1.82) is 0 Å². The number of benzene rings is 1. The third-order valence-corrected chi connectivity index (χ3v) is 3.95. The molecule has 0 saturated carbocycles. The van der Waals surface area contributed by atoms with Crippen LogP contribution in [-0.2, 0) is 9.53 Å². The molecule has 4 nitrogen and oxygen atoms in total. The molecule has 4 heteroatoms. The minimum atomic E-state index is -0.641. The van der Waals surface area contributed by atoms with Crippen molar-refractivity contribution in [1.82, 2.24) is 4.90 Å². The SMILES string of the molecule is C=C(C)COC(=O)C1(C)CCCN(C(=O)c2ccccc2)C1. The number of amides is 1. The summed E-state index contributed by atoms with van der Waals surface area (Å²) in [6, 6.07) is 9.17. The van der Waals surface area contributed by atoms with Crippen LogP contribution in [0.15, 0.2) is 42.5 Å². The lowest BCUT2D eigenvalue weighted by atomic mass is 9.81. The number of hydrogen-bond donors (Lipinski definition) is 0. The molecule has 0 radical (unpaired) electrons. The molecule has 0 aromatic heterocycles. The number of likely N-dealkylation sites (tertiary alicyclic amines) is 1. The molecule has 0 bridgehead atoms. The molecule has 1 aliphatic heterocycles. The predicted molar refractivity (Wildman–Crippen MR) is 85.5 cm³/mol. The first-order valence-electron chi connectivity index (χ1n) is 7.58. The van der Waals surface area contributed by atoms with Crippen molar-refractivity contribution in [3.63, 3.8) is 0 Å². The number of carbonyl (C=O) groups excluding carboxylic acids is 2. The summed E-state index contributed by atoms with van der Waals surface area (Å²) in [5, 5.41) is 0. The molecule has 1 fully saturated rings. The fraction of sp³-hybridized carbons (Fsp3) is 0.444. The maximum Gasteiger partial charge on any atom is 0.313 e. The fourth-order valence-corrected chi connectivity index (χ4v) is 2.71. The third-order valence-electron chi connectivity index (χ3n) is 3.95. The standard InChI is InChI=1S/C18H23NO3/c1-14(2)12-22-17(21)18(3)10-7-11-19(13-18)16(20)15-8-5-4-6-9-15/h4-6,8-9H,1,7,10-13H2,2-3H3. The van der Waals surface area contributed by atoms with E-state index < -0.39 is 5.41 Å². The number of nitrogens with zero attached hydrogens (tertiary/aromatic N) is 1. The van der Waals surface area contributed by atoms with Crippen LogP contribution in [-0.4, -0.2) is 36.5 Å². The summed E-state index contributed by atoms with van der Waals surface area (Å²) in [5.74, 6) is -0.278. The first-order valence-corrected chi connectivity index (χ1v) is 7.58. The largest absolute Gasteiger partial charge is 0.461 e. The van der Waals surface area contributed by atoms with Gasteiger partial charge in [-0.15, -0.1) is 0 Å². The molecule has 1 heterocycles. The number of ether oxygens (including phenoxy) is 1. The van der Waals surface area contributed by atoms with Crippen molar-refractivity contribution in [2.24, 2.45) is 5.41 Å². The van der Waals surface area contributed by atoms with Crippen molar-refractivity contribution in [2.45, 2.75) is 26.7 Å². The van der Waals surface area contributed by atoms with Gasteiger partial charge < -0.3 is 9.64 Å². The van der Waals surface area contributed by atoms with Crippen LogP contribution >= 0.6 is 0 Å². The van der Waals surface area contributed by atoms with Gasteiger partial charge in [0.2, 0.25) is 0 Å². The molecule has 0 N–H and O–H groups in total. The molecular formula is C18H23NO3. The van der Waals surface area contributed by atoms with Gasteiger partial charge in [-0.1, -0.05) is 24.8 Å².